The molecule has 1 aromatic heterocycles. The maximum atomic E-state index is 14.1. The molecule has 40 heavy (non-hydrogen) atoms. The number of pyridine rings is 1. The fraction of sp³-hybridized carbons (Fsp3) is 0.345. The highest BCUT2D eigenvalue weighted by molar-refractivity contribution is 7.90. The first-order valence-corrected chi connectivity index (χ1v) is 14.4. The molecule has 3 aromatic rings. The van der Waals surface area contributed by atoms with Gasteiger partial charge in [0, 0.05) is 47.3 Å². The Kier molecular flexibility index (Phi) is 9.19. The number of carboxylic acid groups (broad SMARTS) is 1. The molecular weight excluding hydrogens is 539 g/mol. The first kappa shape index (κ1) is 30.6. The van der Waals surface area contributed by atoms with Gasteiger partial charge in [-0.05, 0) is 67.6 Å². The lowest BCUT2D eigenvalue weighted by molar-refractivity contribution is 0.103. The molecule has 0 atom stereocenters. The average Bonchev–Trinajstić information content (AvgIpc) is 2.88. The number of ketones is 1. The molecule has 9 nitrogen and oxygen atoms in total. The highest BCUT2D eigenvalue weighted by Gasteiger charge is 2.24. The Labute approximate surface area is 232 Å². The molecule has 1 amide bonds. The van der Waals surface area contributed by atoms with Gasteiger partial charge in [-0.15, -0.1) is 0 Å². The Morgan fingerprint density at radius 3 is 2.42 bits per heavy atom. The molecule has 0 spiro atoms. The Morgan fingerprint density at radius 2 is 1.80 bits per heavy atom. The number of hydrogen-bond acceptors (Lipinski definition) is 6. The Balaban J connectivity index is 2.23. The van der Waals surface area contributed by atoms with E-state index in [1.54, 1.807) is 46.1 Å². The SMILES string of the molecule is CCS(=O)(=O)Cc1ccc(C(=O)c2ccc(F)c(OC)c2)c(-c2cn(C)c(=O)cc2CCC(C)(C)NC(=O)O)c1. The minimum Gasteiger partial charge on any atom is -0.494 e. The molecule has 1 heterocycles. The molecule has 0 aliphatic rings. The van der Waals surface area contributed by atoms with Crippen molar-refractivity contribution in [1.29, 1.82) is 0 Å². The van der Waals surface area contributed by atoms with Gasteiger partial charge >= 0.3 is 6.09 Å². The molecule has 0 radical (unpaired) electrons. The largest absolute Gasteiger partial charge is 0.494 e. The summed E-state index contributed by atoms with van der Waals surface area (Å²) in [6.45, 7) is 4.98. The van der Waals surface area contributed by atoms with Crippen LogP contribution in [0.5, 0.6) is 5.75 Å². The Hall–Kier alpha value is -3.99. The number of rotatable bonds is 11. The van der Waals surface area contributed by atoms with E-state index in [-0.39, 0.29) is 40.4 Å². The monoisotopic (exact) mass is 572 g/mol. The highest BCUT2D eigenvalue weighted by atomic mass is 32.2. The van der Waals surface area contributed by atoms with Crippen molar-refractivity contribution in [3.8, 4) is 16.9 Å². The molecule has 0 aliphatic heterocycles. The Bertz CT molecular complexity index is 1610. The summed E-state index contributed by atoms with van der Waals surface area (Å²) in [5.41, 5.74) is 1.18. The third kappa shape index (κ3) is 7.35. The molecule has 0 saturated carbocycles. The number of ether oxygens (including phenoxy) is 1. The predicted octanol–water partition coefficient (Wildman–Crippen LogP) is 4.34. The molecule has 11 heteroatoms. The number of aromatic nitrogens is 1. The fourth-order valence-electron chi connectivity index (χ4n) is 4.33. The fourth-order valence-corrected chi connectivity index (χ4v) is 5.22. The van der Waals surface area contributed by atoms with Crippen LogP contribution >= 0.6 is 0 Å². The second-order valence-electron chi connectivity index (χ2n) is 10.2. The number of benzene rings is 2. The maximum Gasteiger partial charge on any atom is 0.405 e. The van der Waals surface area contributed by atoms with Crippen LogP contribution in [0.25, 0.3) is 11.1 Å². The van der Waals surface area contributed by atoms with Gasteiger partial charge in [-0.1, -0.05) is 19.1 Å². The molecule has 0 fully saturated rings. The van der Waals surface area contributed by atoms with Gasteiger partial charge in [-0.25, -0.2) is 17.6 Å². The van der Waals surface area contributed by atoms with Crippen molar-refractivity contribution in [3.05, 3.63) is 87.1 Å². The van der Waals surface area contributed by atoms with E-state index in [0.717, 1.165) is 6.07 Å². The maximum absolute atomic E-state index is 14.1. The number of hydrogen-bond donors (Lipinski definition) is 2. The number of methoxy groups -OCH3 is 1. The number of nitrogens with zero attached hydrogens (tertiary/aromatic N) is 1. The third-order valence-corrected chi connectivity index (χ3v) is 8.29. The van der Waals surface area contributed by atoms with E-state index < -0.39 is 33.1 Å². The number of sulfone groups is 1. The van der Waals surface area contributed by atoms with Crippen molar-refractivity contribution in [3.63, 3.8) is 0 Å². The van der Waals surface area contributed by atoms with Gasteiger partial charge in [0.15, 0.2) is 27.2 Å². The summed E-state index contributed by atoms with van der Waals surface area (Å²) in [6, 6.07) is 9.88. The van der Waals surface area contributed by atoms with Crippen LogP contribution in [0.2, 0.25) is 0 Å². The number of nitrogens with one attached hydrogen (secondary N) is 1. The summed E-state index contributed by atoms with van der Waals surface area (Å²) in [5, 5.41) is 11.6. The zero-order chi connectivity index (χ0) is 29.8. The van der Waals surface area contributed by atoms with Crippen LogP contribution in [0.3, 0.4) is 0 Å². The summed E-state index contributed by atoms with van der Waals surface area (Å²) in [5.74, 6) is -1.49. The topological polar surface area (TPSA) is 132 Å². The number of carbonyl (C=O) groups is 2. The van der Waals surface area contributed by atoms with Crippen LogP contribution in [0.4, 0.5) is 9.18 Å². The van der Waals surface area contributed by atoms with Crippen molar-refractivity contribution >= 4 is 21.7 Å². The molecular formula is C29H33FN2O7S. The summed E-state index contributed by atoms with van der Waals surface area (Å²) in [7, 11) is -0.550. The average molecular weight is 573 g/mol. The second-order valence-corrected chi connectivity index (χ2v) is 12.6. The lowest BCUT2D eigenvalue weighted by atomic mass is 9.88. The van der Waals surface area contributed by atoms with Crippen LogP contribution in [0, 0.1) is 5.82 Å². The quantitative estimate of drug-likeness (QED) is 0.327. The van der Waals surface area contributed by atoms with Crippen molar-refractivity contribution in [2.75, 3.05) is 12.9 Å². The molecule has 0 saturated heterocycles. The minimum absolute atomic E-state index is 0.0604. The summed E-state index contributed by atoms with van der Waals surface area (Å²) in [6.07, 6.45) is 1.02. The van der Waals surface area contributed by atoms with E-state index in [0.29, 0.717) is 28.7 Å². The highest BCUT2D eigenvalue weighted by Crippen LogP contribution is 2.32. The predicted molar refractivity (Wildman–Crippen MR) is 150 cm³/mol. The van der Waals surface area contributed by atoms with Crippen LogP contribution in [-0.2, 0) is 29.1 Å². The summed E-state index contributed by atoms with van der Waals surface area (Å²) in [4.78, 5) is 37.6. The number of aryl methyl sites for hydroxylation is 2. The smallest absolute Gasteiger partial charge is 0.405 e. The van der Waals surface area contributed by atoms with Crippen LogP contribution in [0.1, 0.15) is 54.2 Å². The van der Waals surface area contributed by atoms with E-state index in [2.05, 4.69) is 5.32 Å². The third-order valence-electron chi connectivity index (χ3n) is 6.64. The van der Waals surface area contributed by atoms with Crippen molar-refractivity contribution in [2.24, 2.45) is 7.05 Å². The zero-order valence-electron chi connectivity index (χ0n) is 23.1. The molecule has 0 bridgehead atoms. The van der Waals surface area contributed by atoms with E-state index in [1.165, 1.54) is 35.9 Å². The van der Waals surface area contributed by atoms with Crippen LogP contribution < -0.4 is 15.6 Å². The summed E-state index contributed by atoms with van der Waals surface area (Å²) < 4.78 is 45.3. The lowest BCUT2D eigenvalue weighted by Gasteiger charge is -2.25. The first-order chi connectivity index (χ1) is 18.7. The Morgan fingerprint density at radius 1 is 1.10 bits per heavy atom. The molecule has 3 rings (SSSR count). The standard InChI is InChI=1S/C29H33FN2O7S/c1-6-40(37,38)17-18-7-9-21(27(34)20-8-10-24(30)25(14-20)39-5)22(13-18)23-16-32(4)26(33)15-19(23)11-12-29(2,3)31-28(35)36/h7-10,13-16,31H,6,11-12,17H2,1-5H3,(H,35,36). The van der Waals surface area contributed by atoms with Gasteiger partial charge in [0.05, 0.1) is 12.9 Å². The molecule has 2 aromatic carbocycles. The van der Waals surface area contributed by atoms with Gasteiger partial charge < -0.3 is 19.7 Å². The summed E-state index contributed by atoms with van der Waals surface area (Å²) >= 11 is 0. The van der Waals surface area contributed by atoms with Crippen LogP contribution in [0.15, 0.2) is 53.5 Å². The zero-order valence-corrected chi connectivity index (χ0v) is 23.9. The van der Waals surface area contributed by atoms with Crippen molar-refractivity contribution in [2.45, 2.75) is 44.9 Å². The van der Waals surface area contributed by atoms with Gasteiger partial charge in [-0.3, -0.25) is 9.59 Å². The molecule has 0 aliphatic carbocycles. The number of carbonyl (C=O) groups excluding carboxylic acids is 1. The molecule has 2 N–H and O–H groups in total. The van der Waals surface area contributed by atoms with Crippen molar-refractivity contribution in [1.82, 2.24) is 9.88 Å². The van der Waals surface area contributed by atoms with Gasteiger partial charge in [0.2, 0.25) is 0 Å². The lowest BCUT2D eigenvalue weighted by Crippen LogP contribution is -2.43. The number of amides is 1. The molecule has 214 valence electrons. The minimum atomic E-state index is -3.40. The normalized spacial score (nSPS) is 11.8. The van der Waals surface area contributed by atoms with Crippen molar-refractivity contribution < 1.29 is 32.2 Å². The second kappa shape index (κ2) is 12.0. The number of halogens is 1. The van der Waals surface area contributed by atoms with Gasteiger partial charge in [0.25, 0.3) is 5.56 Å². The molecule has 0 unspecified atom stereocenters. The van der Waals surface area contributed by atoms with Crippen LogP contribution in [-0.4, -0.2) is 48.4 Å². The first-order valence-electron chi connectivity index (χ1n) is 12.6. The van der Waals surface area contributed by atoms with E-state index in [9.17, 15) is 32.3 Å². The van der Waals surface area contributed by atoms with E-state index in [1.807, 2.05) is 0 Å². The van der Waals surface area contributed by atoms with E-state index in [4.69, 9.17) is 4.74 Å². The van der Waals surface area contributed by atoms with E-state index >= 15 is 0 Å². The van der Waals surface area contributed by atoms with Gasteiger partial charge in [0.1, 0.15) is 0 Å². The van der Waals surface area contributed by atoms with Gasteiger partial charge in [-0.2, -0.15) is 0 Å².